The van der Waals surface area contributed by atoms with Crippen molar-refractivity contribution in [1.29, 1.82) is 0 Å². The predicted octanol–water partition coefficient (Wildman–Crippen LogP) is 3.88. The average Bonchev–Trinajstić information content (AvgIpc) is 2.62. The second kappa shape index (κ2) is 6.24. The van der Waals surface area contributed by atoms with Crippen LogP contribution in [-0.2, 0) is 6.42 Å². The first-order valence-corrected chi connectivity index (χ1v) is 6.62. The van der Waals surface area contributed by atoms with Crippen LogP contribution < -0.4 is 0 Å². The third-order valence-corrected chi connectivity index (χ3v) is 3.59. The van der Waals surface area contributed by atoms with Gasteiger partial charge in [-0.3, -0.25) is 4.57 Å². The monoisotopic (exact) mass is 243 g/mol. The Morgan fingerprint density at radius 1 is 1.19 bits per heavy atom. The Morgan fingerprint density at radius 3 is 2.31 bits per heavy atom. The van der Waals surface area contributed by atoms with Crippen molar-refractivity contribution in [1.82, 2.24) is 14.8 Å². The first kappa shape index (κ1) is 13.5. The highest BCUT2D eigenvalue weighted by Gasteiger charge is 2.21. The molecule has 0 radical (unpaired) electrons. The molecule has 0 saturated carbocycles. The Morgan fingerprint density at radius 2 is 1.81 bits per heavy atom. The lowest BCUT2D eigenvalue weighted by atomic mass is 9.95. The molecule has 0 bridgehead atoms. The van der Waals surface area contributed by atoms with E-state index < -0.39 is 0 Å². The summed E-state index contributed by atoms with van der Waals surface area (Å²) in [4.78, 5) is 0. The molecule has 3 nitrogen and oxygen atoms in total. The number of aryl methyl sites for hydroxylation is 1. The van der Waals surface area contributed by atoms with Gasteiger partial charge in [0.05, 0.1) is 0 Å². The molecule has 1 heterocycles. The number of hydrogen-bond donors (Lipinski definition) is 0. The minimum atomic E-state index is 0.388. The fraction of sp³-hybridized carbons (Fsp3) is 0.833. The van der Waals surface area contributed by atoms with Gasteiger partial charge in [-0.2, -0.15) is 0 Å². The van der Waals surface area contributed by atoms with Crippen molar-refractivity contribution in [2.75, 3.05) is 0 Å². The molecule has 0 aromatic carbocycles. The fourth-order valence-corrected chi connectivity index (χ4v) is 2.57. The van der Waals surface area contributed by atoms with Gasteiger partial charge in [-0.15, -0.1) is 10.2 Å². The normalized spacial score (nSPS) is 13.4. The lowest BCUT2D eigenvalue weighted by molar-refractivity contribution is 0.326. The maximum absolute atomic E-state index is 6.12. The van der Waals surface area contributed by atoms with Crippen molar-refractivity contribution in [3.8, 4) is 0 Å². The van der Waals surface area contributed by atoms with Gasteiger partial charge in [-0.1, -0.05) is 33.6 Å². The van der Waals surface area contributed by atoms with Crippen molar-refractivity contribution in [2.24, 2.45) is 5.92 Å². The van der Waals surface area contributed by atoms with E-state index in [0.29, 0.717) is 17.2 Å². The van der Waals surface area contributed by atoms with Crippen molar-refractivity contribution < 1.29 is 0 Å². The quantitative estimate of drug-likeness (QED) is 0.759. The summed E-state index contributed by atoms with van der Waals surface area (Å²) in [5.41, 5.74) is 0. The summed E-state index contributed by atoms with van der Waals surface area (Å²) in [7, 11) is 0. The van der Waals surface area contributed by atoms with Gasteiger partial charge >= 0.3 is 0 Å². The van der Waals surface area contributed by atoms with Crippen LogP contribution in [0, 0.1) is 5.92 Å². The van der Waals surface area contributed by atoms with E-state index in [-0.39, 0.29) is 0 Å². The molecule has 4 heteroatoms. The van der Waals surface area contributed by atoms with Crippen LogP contribution in [0.3, 0.4) is 0 Å². The Balaban J connectivity index is 2.95. The lowest BCUT2D eigenvalue weighted by Gasteiger charge is -2.24. The summed E-state index contributed by atoms with van der Waals surface area (Å²) in [5, 5.41) is 8.67. The van der Waals surface area contributed by atoms with Crippen molar-refractivity contribution in [2.45, 2.75) is 59.4 Å². The van der Waals surface area contributed by atoms with Gasteiger partial charge in [-0.25, -0.2) is 0 Å². The Kier molecular flexibility index (Phi) is 5.26. The number of hydrogen-bond acceptors (Lipinski definition) is 2. The summed E-state index contributed by atoms with van der Waals surface area (Å²) in [6.45, 7) is 8.81. The van der Waals surface area contributed by atoms with E-state index in [4.69, 9.17) is 11.6 Å². The number of rotatable bonds is 6. The Labute approximate surface area is 103 Å². The topological polar surface area (TPSA) is 30.7 Å². The Hall–Kier alpha value is -0.570. The molecule has 0 fully saturated rings. The Bertz CT molecular complexity index is 318. The molecule has 1 atom stereocenters. The standard InChI is InChI=1S/C12H22ClN3/c1-5-8-11-14-15-12(13)16(11)9(4)10(6-2)7-3/h9-10H,5-8H2,1-4H3. The average molecular weight is 244 g/mol. The van der Waals surface area contributed by atoms with E-state index in [0.717, 1.165) is 31.5 Å². The van der Waals surface area contributed by atoms with Crippen LogP contribution in [-0.4, -0.2) is 14.8 Å². The van der Waals surface area contributed by atoms with E-state index in [1.54, 1.807) is 0 Å². The van der Waals surface area contributed by atoms with Gasteiger partial charge in [0.25, 0.3) is 0 Å². The minimum absolute atomic E-state index is 0.388. The molecule has 1 aromatic heterocycles. The first-order chi connectivity index (χ1) is 7.65. The highest BCUT2D eigenvalue weighted by atomic mass is 35.5. The van der Waals surface area contributed by atoms with Gasteiger partial charge in [0.2, 0.25) is 5.28 Å². The molecule has 0 aliphatic rings. The predicted molar refractivity (Wildman–Crippen MR) is 67.8 cm³/mol. The molecule has 0 spiro atoms. The first-order valence-electron chi connectivity index (χ1n) is 6.24. The van der Waals surface area contributed by atoms with Crippen LogP contribution in [0.15, 0.2) is 0 Å². The zero-order chi connectivity index (χ0) is 12.1. The second-order valence-corrected chi connectivity index (χ2v) is 4.66. The number of halogens is 1. The summed E-state index contributed by atoms with van der Waals surface area (Å²) in [5.74, 6) is 1.66. The minimum Gasteiger partial charge on any atom is -0.299 e. The van der Waals surface area contributed by atoms with Gasteiger partial charge < -0.3 is 0 Å². The van der Waals surface area contributed by atoms with Gasteiger partial charge in [0, 0.05) is 12.5 Å². The van der Waals surface area contributed by atoms with Gasteiger partial charge in [0.1, 0.15) is 5.82 Å². The number of aromatic nitrogens is 3. The van der Waals surface area contributed by atoms with Crippen LogP contribution in [0.4, 0.5) is 0 Å². The molecule has 16 heavy (non-hydrogen) atoms. The van der Waals surface area contributed by atoms with Crippen LogP contribution >= 0.6 is 11.6 Å². The SMILES string of the molecule is CCCc1nnc(Cl)n1C(C)C(CC)CC. The highest BCUT2D eigenvalue weighted by Crippen LogP contribution is 2.28. The summed E-state index contributed by atoms with van der Waals surface area (Å²) in [6.07, 6.45) is 4.35. The molecule has 0 aliphatic heterocycles. The van der Waals surface area contributed by atoms with E-state index in [2.05, 4.69) is 42.5 Å². The molecule has 0 amide bonds. The molecular formula is C12H22ClN3. The smallest absolute Gasteiger partial charge is 0.225 e. The summed E-state index contributed by atoms with van der Waals surface area (Å²) < 4.78 is 2.10. The van der Waals surface area contributed by atoms with Crippen LogP contribution in [0.25, 0.3) is 0 Å². The van der Waals surface area contributed by atoms with Crippen LogP contribution in [0.2, 0.25) is 5.28 Å². The second-order valence-electron chi connectivity index (χ2n) is 4.32. The molecule has 0 aliphatic carbocycles. The number of nitrogens with zero attached hydrogens (tertiary/aromatic N) is 3. The van der Waals surface area contributed by atoms with Crippen molar-refractivity contribution in [3.05, 3.63) is 11.1 Å². The van der Waals surface area contributed by atoms with E-state index >= 15 is 0 Å². The molecular weight excluding hydrogens is 222 g/mol. The van der Waals surface area contributed by atoms with E-state index in [9.17, 15) is 0 Å². The third-order valence-electron chi connectivity index (χ3n) is 3.34. The van der Waals surface area contributed by atoms with E-state index in [1.165, 1.54) is 0 Å². The van der Waals surface area contributed by atoms with E-state index in [1.807, 2.05) is 0 Å². The summed E-state index contributed by atoms with van der Waals surface area (Å²) in [6, 6.07) is 0.388. The van der Waals surface area contributed by atoms with Gasteiger partial charge in [0.15, 0.2) is 0 Å². The van der Waals surface area contributed by atoms with Crippen molar-refractivity contribution >= 4 is 11.6 Å². The maximum atomic E-state index is 6.12. The van der Waals surface area contributed by atoms with Crippen LogP contribution in [0.1, 0.15) is 58.8 Å². The fourth-order valence-electron chi connectivity index (χ4n) is 2.28. The van der Waals surface area contributed by atoms with Gasteiger partial charge in [-0.05, 0) is 30.9 Å². The largest absolute Gasteiger partial charge is 0.299 e. The zero-order valence-corrected chi connectivity index (χ0v) is 11.5. The molecule has 1 unspecified atom stereocenters. The molecule has 1 aromatic rings. The lowest BCUT2D eigenvalue weighted by Crippen LogP contribution is -2.18. The molecule has 0 N–H and O–H groups in total. The zero-order valence-electron chi connectivity index (χ0n) is 10.7. The third kappa shape index (κ3) is 2.76. The van der Waals surface area contributed by atoms with Crippen molar-refractivity contribution in [3.63, 3.8) is 0 Å². The molecule has 1 rings (SSSR count). The summed E-state index contributed by atoms with van der Waals surface area (Å²) >= 11 is 6.12. The molecule has 0 saturated heterocycles. The van der Waals surface area contributed by atoms with Crippen LogP contribution in [0.5, 0.6) is 0 Å². The molecule has 92 valence electrons. The maximum Gasteiger partial charge on any atom is 0.225 e. The highest BCUT2D eigenvalue weighted by molar-refractivity contribution is 6.28.